The number of benzene rings is 2. The van der Waals surface area contributed by atoms with Crippen molar-refractivity contribution in [2.24, 2.45) is 0 Å². The third-order valence-electron chi connectivity index (χ3n) is 5.23. The van der Waals surface area contributed by atoms with E-state index in [9.17, 15) is 9.90 Å². The minimum atomic E-state index is 0.0507. The number of hydrogen-bond donors (Lipinski definition) is 2. The Kier molecular flexibility index (Phi) is 6.16. The fourth-order valence-corrected chi connectivity index (χ4v) is 3.56. The van der Waals surface area contributed by atoms with E-state index in [0.29, 0.717) is 11.7 Å². The highest BCUT2D eigenvalue weighted by atomic mass is 16.3. The van der Waals surface area contributed by atoms with E-state index in [-0.39, 0.29) is 12.1 Å². The molecule has 1 atom stereocenters. The molecule has 1 saturated heterocycles. The standard InChI is InChI=1S/C22H28N2O2/c1-17(7-8-18-5-3-2-4-6-18)23-22(26)24-15-13-20(14-16-24)19-9-11-21(25)12-10-19/h2-6,9-12,17,20,25H,7-8,13-16H2,1H3,(H,23,26)/t17-/m0/s1. The van der Waals surface area contributed by atoms with Crippen LogP contribution >= 0.6 is 0 Å². The molecule has 1 fully saturated rings. The van der Waals surface area contributed by atoms with Gasteiger partial charge in [-0.15, -0.1) is 0 Å². The third kappa shape index (κ3) is 5.01. The second-order valence-corrected chi connectivity index (χ2v) is 7.23. The molecule has 0 saturated carbocycles. The Labute approximate surface area is 155 Å². The molecule has 3 rings (SSSR count). The molecule has 0 spiro atoms. The summed E-state index contributed by atoms with van der Waals surface area (Å²) >= 11 is 0. The van der Waals surface area contributed by atoms with Gasteiger partial charge >= 0.3 is 6.03 Å². The average Bonchev–Trinajstić information content (AvgIpc) is 2.68. The molecule has 2 aromatic carbocycles. The van der Waals surface area contributed by atoms with Crippen molar-refractivity contribution < 1.29 is 9.90 Å². The van der Waals surface area contributed by atoms with Gasteiger partial charge in [0.05, 0.1) is 0 Å². The number of phenolic OH excluding ortho intramolecular Hbond substituents is 1. The predicted molar refractivity (Wildman–Crippen MR) is 104 cm³/mol. The number of carbonyl (C=O) groups excluding carboxylic acids is 1. The summed E-state index contributed by atoms with van der Waals surface area (Å²) in [7, 11) is 0. The zero-order valence-electron chi connectivity index (χ0n) is 15.4. The minimum absolute atomic E-state index is 0.0507. The number of likely N-dealkylation sites (tertiary alicyclic amines) is 1. The molecule has 1 aliphatic rings. The van der Waals surface area contributed by atoms with Crippen LogP contribution in [0.2, 0.25) is 0 Å². The average molecular weight is 352 g/mol. The molecule has 4 nitrogen and oxygen atoms in total. The number of phenols is 1. The molecule has 1 heterocycles. The minimum Gasteiger partial charge on any atom is -0.508 e. The molecule has 1 aliphatic heterocycles. The first-order valence-corrected chi connectivity index (χ1v) is 9.50. The summed E-state index contributed by atoms with van der Waals surface area (Å²) < 4.78 is 0. The van der Waals surface area contributed by atoms with Gasteiger partial charge in [-0.05, 0) is 61.8 Å². The fourth-order valence-electron chi connectivity index (χ4n) is 3.56. The van der Waals surface area contributed by atoms with Crippen LogP contribution in [0.4, 0.5) is 4.79 Å². The van der Waals surface area contributed by atoms with Crippen molar-refractivity contribution in [3.05, 3.63) is 65.7 Å². The zero-order valence-corrected chi connectivity index (χ0v) is 15.4. The van der Waals surface area contributed by atoms with Crippen molar-refractivity contribution >= 4 is 6.03 Å². The maximum atomic E-state index is 12.5. The first-order valence-electron chi connectivity index (χ1n) is 9.50. The van der Waals surface area contributed by atoms with E-state index in [1.165, 1.54) is 11.1 Å². The Hall–Kier alpha value is -2.49. The number of hydrogen-bond acceptors (Lipinski definition) is 2. The molecule has 0 bridgehead atoms. The van der Waals surface area contributed by atoms with Crippen molar-refractivity contribution in [2.45, 2.75) is 44.6 Å². The lowest BCUT2D eigenvalue weighted by Crippen LogP contribution is -2.47. The highest BCUT2D eigenvalue weighted by Gasteiger charge is 2.24. The number of amides is 2. The van der Waals surface area contributed by atoms with Crippen LogP contribution in [0.15, 0.2) is 54.6 Å². The van der Waals surface area contributed by atoms with Gasteiger partial charge in [0.1, 0.15) is 5.75 Å². The molecule has 0 radical (unpaired) electrons. The smallest absolute Gasteiger partial charge is 0.317 e. The van der Waals surface area contributed by atoms with E-state index in [2.05, 4.69) is 36.5 Å². The number of piperidine rings is 1. The highest BCUT2D eigenvalue weighted by molar-refractivity contribution is 5.74. The number of aryl methyl sites for hydroxylation is 1. The van der Waals surface area contributed by atoms with E-state index in [0.717, 1.165) is 38.8 Å². The number of aromatic hydroxyl groups is 1. The van der Waals surface area contributed by atoms with Gasteiger partial charge in [-0.25, -0.2) is 4.79 Å². The topological polar surface area (TPSA) is 52.6 Å². The largest absolute Gasteiger partial charge is 0.508 e. The second kappa shape index (κ2) is 8.75. The maximum absolute atomic E-state index is 12.5. The van der Waals surface area contributed by atoms with E-state index in [4.69, 9.17) is 0 Å². The summed E-state index contributed by atoms with van der Waals surface area (Å²) in [5.74, 6) is 0.769. The molecular formula is C22H28N2O2. The van der Waals surface area contributed by atoms with Crippen molar-refractivity contribution in [3.63, 3.8) is 0 Å². The lowest BCUT2D eigenvalue weighted by atomic mass is 9.89. The summed E-state index contributed by atoms with van der Waals surface area (Å²) in [6, 6.07) is 18.1. The number of nitrogens with zero attached hydrogens (tertiary/aromatic N) is 1. The van der Waals surface area contributed by atoms with Gasteiger partial charge in [0.2, 0.25) is 0 Å². The van der Waals surface area contributed by atoms with Gasteiger partial charge in [-0.3, -0.25) is 0 Å². The zero-order chi connectivity index (χ0) is 18.4. The molecule has 2 amide bonds. The molecule has 4 heteroatoms. The third-order valence-corrected chi connectivity index (χ3v) is 5.23. The summed E-state index contributed by atoms with van der Waals surface area (Å²) in [4.78, 5) is 14.4. The Morgan fingerprint density at radius 3 is 2.42 bits per heavy atom. The molecule has 0 aliphatic carbocycles. The van der Waals surface area contributed by atoms with Gasteiger partial charge in [0.15, 0.2) is 0 Å². The number of rotatable bonds is 5. The Morgan fingerprint density at radius 1 is 1.12 bits per heavy atom. The summed E-state index contributed by atoms with van der Waals surface area (Å²) in [6.45, 7) is 3.63. The molecule has 138 valence electrons. The lowest BCUT2D eigenvalue weighted by Gasteiger charge is -2.33. The highest BCUT2D eigenvalue weighted by Crippen LogP contribution is 2.29. The quantitative estimate of drug-likeness (QED) is 0.843. The van der Waals surface area contributed by atoms with Crippen LogP contribution in [-0.2, 0) is 6.42 Å². The molecule has 0 unspecified atom stereocenters. The van der Waals surface area contributed by atoms with E-state index >= 15 is 0 Å². The van der Waals surface area contributed by atoms with Crippen molar-refractivity contribution in [2.75, 3.05) is 13.1 Å². The van der Waals surface area contributed by atoms with Crippen LogP contribution in [0.3, 0.4) is 0 Å². The Balaban J connectivity index is 1.42. The monoisotopic (exact) mass is 352 g/mol. The first kappa shape index (κ1) is 18.3. The Morgan fingerprint density at radius 2 is 1.77 bits per heavy atom. The number of carbonyl (C=O) groups is 1. The van der Waals surface area contributed by atoms with Gasteiger partial charge in [0, 0.05) is 19.1 Å². The normalized spacial score (nSPS) is 16.3. The van der Waals surface area contributed by atoms with E-state index in [1.807, 2.05) is 23.1 Å². The SMILES string of the molecule is C[C@@H](CCc1ccccc1)NC(=O)N1CCC(c2ccc(O)cc2)CC1. The lowest BCUT2D eigenvalue weighted by molar-refractivity contribution is 0.178. The van der Waals surface area contributed by atoms with Crippen molar-refractivity contribution in [3.8, 4) is 5.75 Å². The number of urea groups is 1. The van der Waals surface area contributed by atoms with Crippen LogP contribution in [0.1, 0.15) is 43.2 Å². The van der Waals surface area contributed by atoms with Gasteiger partial charge < -0.3 is 15.3 Å². The van der Waals surface area contributed by atoms with E-state index < -0.39 is 0 Å². The van der Waals surface area contributed by atoms with Crippen LogP contribution in [0.25, 0.3) is 0 Å². The van der Waals surface area contributed by atoms with Gasteiger partial charge in [0.25, 0.3) is 0 Å². The van der Waals surface area contributed by atoms with Crippen LogP contribution in [0.5, 0.6) is 5.75 Å². The van der Waals surface area contributed by atoms with Crippen molar-refractivity contribution in [1.82, 2.24) is 10.2 Å². The van der Waals surface area contributed by atoms with Gasteiger partial charge in [-0.1, -0.05) is 42.5 Å². The van der Waals surface area contributed by atoms with E-state index in [1.54, 1.807) is 12.1 Å². The number of nitrogens with one attached hydrogen (secondary N) is 1. The molecule has 0 aromatic heterocycles. The molecular weight excluding hydrogens is 324 g/mol. The van der Waals surface area contributed by atoms with Gasteiger partial charge in [-0.2, -0.15) is 0 Å². The predicted octanol–water partition coefficient (Wildman–Crippen LogP) is 4.30. The molecule has 2 N–H and O–H groups in total. The molecule has 26 heavy (non-hydrogen) atoms. The first-order chi connectivity index (χ1) is 12.6. The summed E-state index contributed by atoms with van der Waals surface area (Å²) in [6.07, 6.45) is 3.86. The van der Waals surface area contributed by atoms with Crippen LogP contribution in [0, 0.1) is 0 Å². The second-order valence-electron chi connectivity index (χ2n) is 7.23. The fraction of sp³-hybridized carbons (Fsp3) is 0.409. The van der Waals surface area contributed by atoms with Crippen molar-refractivity contribution in [1.29, 1.82) is 0 Å². The summed E-state index contributed by atoms with van der Waals surface area (Å²) in [5, 5.41) is 12.5. The van der Waals surface area contributed by atoms with Crippen LogP contribution < -0.4 is 5.32 Å². The van der Waals surface area contributed by atoms with Crippen LogP contribution in [-0.4, -0.2) is 35.2 Å². The maximum Gasteiger partial charge on any atom is 0.317 e. The molecule has 2 aromatic rings. The summed E-state index contributed by atoms with van der Waals surface area (Å²) in [5.41, 5.74) is 2.56. The Bertz CT molecular complexity index is 692.